The molecular formula is C32H40FN5O6. The van der Waals surface area contributed by atoms with Gasteiger partial charge in [0.05, 0.1) is 43.0 Å². The minimum absolute atomic E-state index is 0.0167. The number of fused-ring (bicyclic) bond motifs is 1. The molecule has 3 aromatic rings. The average molecular weight is 610 g/mol. The van der Waals surface area contributed by atoms with E-state index in [4.69, 9.17) is 9.47 Å². The highest BCUT2D eigenvalue weighted by Crippen LogP contribution is 2.34. The third-order valence-corrected chi connectivity index (χ3v) is 8.40. The number of benzene rings is 2. The van der Waals surface area contributed by atoms with Crippen molar-refractivity contribution in [3.05, 3.63) is 58.5 Å². The van der Waals surface area contributed by atoms with E-state index in [9.17, 15) is 19.2 Å². The van der Waals surface area contributed by atoms with Gasteiger partial charge in [0.15, 0.2) is 0 Å². The summed E-state index contributed by atoms with van der Waals surface area (Å²) in [6.07, 6.45) is -1.23. The smallest absolute Gasteiger partial charge is 0.410 e. The molecule has 44 heavy (non-hydrogen) atoms. The molecular weight excluding hydrogens is 569 g/mol. The normalized spacial score (nSPS) is 21.1. The number of hydrogen-bond acceptors (Lipinski definition) is 7. The maximum Gasteiger partial charge on any atom is 0.410 e. The van der Waals surface area contributed by atoms with Crippen LogP contribution in [-0.4, -0.2) is 81.9 Å². The van der Waals surface area contributed by atoms with Crippen LogP contribution >= 0.6 is 0 Å². The van der Waals surface area contributed by atoms with Gasteiger partial charge >= 0.3 is 11.8 Å². The van der Waals surface area contributed by atoms with Crippen molar-refractivity contribution in [2.24, 2.45) is 7.05 Å². The maximum absolute atomic E-state index is 15.6. The molecule has 0 saturated carbocycles. The highest BCUT2D eigenvalue weighted by atomic mass is 19.1. The van der Waals surface area contributed by atoms with Gasteiger partial charge in [-0.1, -0.05) is 18.2 Å². The molecule has 0 spiro atoms. The van der Waals surface area contributed by atoms with Gasteiger partial charge in [-0.25, -0.2) is 14.0 Å². The highest BCUT2D eigenvalue weighted by molar-refractivity contribution is 6.00. The van der Waals surface area contributed by atoms with Crippen LogP contribution in [0.3, 0.4) is 0 Å². The number of methoxy groups -OCH3 is 1. The summed E-state index contributed by atoms with van der Waals surface area (Å²) < 4.78 is 29.2. The van der Waals surface area contributed by atoms with Gasteiger partial charge < -0.3 is 19.3 Å². The number of nitrogens with zero attached hydrogens (tertiary/aromatic N) is 5. The number of piperidine rings is 2. The van der Waals surface area contributed by atoms with Gasteiger partial charge in [0.25, 0.3) is 5.91 Å². The SMILES string of the molecule is COc1ccc(CN2C(=O)CCC(n3c(=O)n(C)c4c(N5CCC(N(C)C(=O)OC(C)(C)C)C(F)C5)cccc43)C2=O)cc1. The Hall–Kier alpha value is -4.35. The molecule has 2 aliphatic rings. The number of imide groups is 1. The van der Waals surface area contributed by atoms with Crippen molar-refractivity contribution in [1.29, 1.82) is 0 Å². The lowest BCUT2D eigenvalue weighted by Gasteiger charge is -2.40. The van der Waals surface area contributed by atoms with Crippen LogP contribution < -0.4 is 15.3 Å². The number of para-hydroxylation sites is 1. The first-order valence-electron chi connectivity index (χ1n) is 14.8. The summed E-state index contributed by atoms with van der Waals surface area (Å²) in [7, 11) is 4.75. The monoisotopic (exact) mass is 609 g/mol. The fraction of sp³-hybridized carbons (Fsp3) is 0.500. The summed E-state index contributed by atoms with van der Waals surface area (Å²) in [5.41, 5.74) is 1.47. The number of rotatable bonds is 6. The van der Waals surface area contributed by atoms with Crippen LogP contribution in [0.2, 0.25) is 0 Å². The molecule has 0 aliphatic carbocycles. The zero-order valence-electron chi connectivity index (χ0n) is 26.1. The van der Waals surface area contributed by atoms with E-state index >= 15 is 4.39 Å². The number of aryl methyl sites for hydroxylation is 1. The number of amides is 3. The minimum atomic E-state index is -1.35. The van der Waals surface area contributed by atoms with E-state index in [1.54, 1.807) is 78.4 Å². The van der Waals surface area contributed by atoms with Crippen molar-refractivity contribution in [1.82, 2.24) is 18.9 Å². The third-order valence-electron chi connectivity index (χ3n) is 8.40. The molecule has 2 aliphatic heterocycles. The summed E-state index contributed by atoms with van der Waals surface area (Å²) in [6.45, 7) is 5.85. The molecule has 3 heterocycles. The third kappa shape index (κ3) is 5.89. The second-order valence-corrected chi connectivity index (χ2v) is 12.5. The van der Waals surface area contributed by atoms with E-state index in [1.165, 1.54) is 18.9 Å². The molecule has 2 fully saturated rings. The molecule has 3 atom stereocenters. The first kappa shape index (κ1) is 31.1. The van der Waals surface area contributed by atoms with Crippen LogP contribution in [0.5, 0.6) is 5.75 Å². The summed E-state index contributed by atoms with van der Waals surface area (Å²) in [4.78, 5) is 57.3. The Balaban J connectivity index is 1.40. The Labute approximate surface area is 255 Å². The van der Waals surface area contributed by atoms with Crippen molar-refractivity contribution in [3.63, 3.8) is 0 Å². The van der Waals surface area contributed by atoms with Crippen molar-refractivity contribution in [2.75, 3.05) is 32.1 Å². The summed E-state index contributed by atoms with van der Waals surface area (Å²) in [5.74, 6) is -0.0597. The number of ether oxygens (including phenoxy) is 2. The van der Waals surface area contributed by atoms with Crippen LogP contribution in [0.1, 0.15) is 51.6 Å². The number of anilines is 1. The molecule has 2 aromatic carbocycles. The van der Waals surface area contributed by atoms with E-state index in [2.05, 4.69) is 0 Å². The number of alkyl halides is 1. The van der Waals surface area contributed by atoms with Crippen LogP contribution in [0.25, 0.3) is 11.0 Å². The topological polar surface area (TPSA) is 106 Å². The van der Waals surface area contributed by atoms with Crippen LogP contribution in [0, 0.1) is 0 Å². The molecule has 236 valence electrons. The van der Waals surface area contributed by atoms with E-state index in [1.807, 2.05) is 11.0 Å². The van der Waals surface area contributed by atoms with Gasteiger partial charge in [-0.3, -0.25) is 23.6 Å². The van der Waals surface area contributed by atoms with Crippen molar-refractivity contribution < 1.29 is 28.2 Å². The van der Waals surface area contributed by atoms with Crippen LogP contribution in [0.4, 0.5) is 14.9 Å². The Bertz CT molecular complexity index is 1620. The van der Waals surface area contributed by atoms with Crippen LogP contribution in [-0.2, 0) is 27.9 Å². The van der Waals surface area contributed by atoms with Crippen molar-refractivity contribution >= 4 is 34.6 Å². The molecule has 12 heteroatoms. The van der Waals surface area contributed by atoms with Gasteiger partial charge in [0, 0.05) is 27.1 Å². The van der Waals surface area contributed by atoms with Gasteiger partial charge in [-0.2, -0.15) is 0 Å². The summed E-state index contributed by atoms with van der Waals surface area (Å²) in [5, 5.41) is 0. The van der Waals surface area contributed by atoms with Crippen molar-refractivity contribution in [2.45, 2.75) is 70.4 Å². The number of halogens is 1. The standard InChI is InChI=1S/C32H40FN5O6/c1-32(2,3)44-31(42)34(4)23-16-17-36(19-22(23)33)24-8-7-9-25-28(24)35(5)30(41)38(25)26-14-15-27(39)37(29(26)40)18-20-10-12-21(43-6)13-11-20/h7-13,22-23,26H,14-19H2,1-6H3. The van der Waals surface area contributed by atoms with E-state index in [0.717, 1.165) is 5.56 Å². The first-order chi connectivity index (χ1) is 20.8. The predicted octanol–water partition coefficient (Wildman–Crippen LogP) is 4.02. The lowest BCUT2D eigenvalue weighted by Crippen LogP contribution is -2.53. The Morgan fingerprint density at radius 3 is 2.41 bits per heavy atom. The van der Waals surface area contributed by atoms with E-state index in [0.29, 0.717) is 35.4 Å². The first-order valence-corrected chi connectivity index (χ1v) is 14.8. The van der Waals surface area contributed by atoms with E-state index < -0.39 is 35.9 Å². The van der Waals surface area contributed by atoms with Gasteiger partial charge in [0.1, 0.15) is 23.6 Å². The molecule has 11 nitrogen and oxygen atoms in total. The quantitative estimate of drug-likeness (QED) is 0.389. The Morgan fingerprint density at radius 1 is 1.07 bits per heavy atom. The lowest BCUT2D eigenvalue weighted by atomic mass is 10.0. The zero-order valence-corrected chi connectivity index (χ0v) is 26.1. The number of aromatic nitrogens is 2. The molecule has 3 unspecified atom stereocenters. The molecule has 0 N–H and O–H groups in total. The average Bonchev–Trinajstić information content (AvgIpc) is 3.23. The highest BCUT2D eigenvalue weighted by Gasteiger charge is 2.39. The number of carbonyl (C=O) groups is 3. The second-order valence-electron chi connectivity index (χ2n) is 12.5. The number of imidazole rings is 1. The number of hydrogen-bond donors (Lipinski definition) is 0. The van der Waals surface area contributed by atoms with Crippen molar-refractivity contribution in [3.8, 4) is 5.75 Å². The molecule has 5 rings (SSSR count). The molecule has 3 amide bonds. The minimum Gasteiger partial charge on any atom is -0.497 e. The summed E-state index contributed by atoms with van der Waals surface area (Å²) in [6, 6.07) is 11.0. The molecule has 0 bridgehead atoms. The Kier molecular flexibility index (Phi) is 8.46. The summed E-state index contributed by atoms with van der Waals surface area (Å²) >= 11 is 0. The fourth-order valence-corrected chi connectivity index (χ4v) is 6.13. The number of carbonyl (C=O) groups excluding carboxylic acids is 3. The van der Waals surface area contributed by atoms with Gasteiger partial charge in [-0.05, 0) is 63.4 Å². The van der Waals surface area contributed by atoms with Gasteiger partial charge in [0.2, 0.25) is 5.91 Å². The predicted molar refractivity (Wildman–Crippen MR) is 164 cm³/mol. The second kappa shape index (κ2) is 12.0. The lowest BCUT2D eigenvalue weighted by molar-refractivity contribution is -0.151. The molecule has 2 saturated heterocycles. The maximum atomic E-state index is 15.6. The molecule has 1 aromatic heterocycles. The zero-order chi connectivity index (χ0) is 31.9. The van der Waals surface area contributed by atoms with Gasteiger partial charge in [-0.15, -0.1) is 0 Å². The van der Waals surface area contributed by atoms with Crippen LogP contribution in [0.15, 0.2) is 47.3 Å². The largest absolute Gasteiger partial charge is 0.497 e. The van der Waals surface area contributed by atoms with E-state index in [-0.39, 0.29) is 37.5 Å². The Morgan fingerprint density at radius 2 is 1.77 bits per heavy atom. The number of likely N-dealkylation sites (tertiary alicyclic amines) is 1. The molecule has 0 radical (unpaired) electrons. The fourth-order valence-electron chi connectivity index (χ4n) is 6.13.